The number of hydrogen-bond donors (Lipinski definition) is 1. The Labute approximate surface area is 350 Å². The monoisotopic (exact) mass is 767 g/mol. The van der Waals surface area contributed by atoms with Gasteiger partial charge in [0.15, 0.2) is 5.84 Å². The zero-order valence-corrected chi connectivity index (χ0v) is 33.3. The van der Waals surface area contributed by atoms with Crippen LogP contribution in [0.1, 0.15) is 58.5 Å². The molecule has 4 aliphatic rings. The lowest BCUT2D eigenvalue weighted by molar-refractivity contribution is 0.674. The molecule has 0 saturated heterocycles. The number of nitrogens with one attached hydrogen (secondary N) is 1. The van der Waals surface area contributed by atoms with Crippen LogP contribution in [0, 0.1) is 5.92 Å². The third kappa shape index (κ3) is 5.15. The second-order valence-corrected chi connectivity index (χ2v) is 16.5. The minimum Gasteiger partial charge on any atom is -0.344 e. The van der Waals surface area contributed by atoms with Gasteiger partial charge in [-0.2, -0.15) is 0 Å². The molecule has 0 bridgehead atoms. The molecule has 0 aromatic heterocycles. The lowest BCUT2D eigenvalue weighted by Crippen LogP contribution is -2.33. The molecule has 0 amide bonds. The summed E-state index contributed by atoms with van der Waals surface area (Å²) in [5.74, 6) is 1.96. The van der Waals surface area contributed by atoms with E-state index in [1.165, 1.54) is 72.0 Å². The molecule has 284 valence electrons. The number of rotatable bonds is 5. The van der Waals surface area contributed by atoms with Gasteiger partial charge in [-0.05, 0) is 102 Å². The fraction of sp³-hybridized carbons (Fsp3) is 0.0877. The van der Waals surface area contributed by atoms with Gasteiger partial charge in [-0.3, -0.25) is 0 Å². The molecule has 8 aromatic carbocycles. The Morgan fingerprint density at radius 2 is 1.15 bits per heavy atom. The quantitative estimate of drug-likeness (QED) is 0.186. The first-order valence-electron chi connectivity index (χ1n) is 21.1. The van der Waals surface area contributed by atoms with Crippen molar-refractivity contribution in [2.75, 3.05) is 0 Å². The summed E-state index contributed by atoms with van der Waals surface area (Å²) in [6.45, 7) is 2.36. The summed E-state index contributed by atoms with van der Waals surface area (Å²) in [6.07, 6.45) is 5.62. The summed E-state index contributed by atoms with van der Waals surface area (Å²) in [4.78, 5) is 10.5. The lowest BCUT2D eigenvalue weighted by atomic mass is 9.68. The van der Waals surface area contributed by atoms with Crippen LogP contribution in [-0.4, -0.2) is 11.7 Å². The van der Waals surface area contributed by atoms with Crippen molar-refractivity contribution in [3.05, 3.63) is 245 Å². The molecular formula is C57H41N3. The SMILES string of the molecule is CC1C=CC2=C(C1)c1c(-c3ccc4ccccc4c3-c3cccc(C4=NC(c5ccccc5)NC(c5ccccc5)=N4)c3)cccc1C21c2ccccc2-c2ccccc21. The van der Waals surface area contributed by atoms with Crippen molar-refractivity contribution in [1.29, 1.82) is 0 Å². The van der Waals surface area contributed by atoms with E-state index in [4.69, 9.17) is 9.98 Å². The zero-order chi connectivity index (χ0) is 39.8. The molecule has 0 saturated carbocycles. The van der Waals surface area contributed by atoms with Crippen LogP contribution < -0.4 is 5.32 Å². The van der Waals surface area contributed by atoms with E-state index in [-0.39, 0.29) is 11.6 Å². The highest BCUT2D eigenvalue weighted by molar-refractivity contribution is 6.14. The van der Waals surface area contributed by atoms with Crippen LogP contribution in [0.2, 0.25) is 0 Å². The number of hydrogen-bond acceptors (Lipinski definition) is 3. The van der Waals surface area contributed by atoms with Gasteiger partial charge in [-0.1, -0.05) is 201 Å². The van der Waals surface area contributed by atoms with Gasteiger partial charge in [0.2, 0.25) is 0 Å². The second kappa shape index (κ2) is 13.6. The highest BCUT2D eigenvalue weighted by Gasteiger charge is 2.53. The Kier molecular flexibility index (Phi) is 7.86. The number of benzene rings is 8. The van der Waals surface area contributed by atoms with E-state index < -0.39 is 0 Å². The topological polar surface area (TPSA) is 36.8 Å². The van der Waals surface area contributed by atoms with Gasteiger partial charge < -0.3 is 5.32 Å². The van der Waals surface area contributed by atoms with Gasteiger partial charge in [0.1, 0.15) is 12.0 Å². The van der Waals surface area contributed by atoms with Crippen molar-refractivity contribution in [2.45, 2.75) is 24.9 Å². The molecule has 12 rings (SSSR count). The highest BCUT2D eigenvalue weighted by Crippen LogP contribution is 2.65. The average Bonchev–Trinajstić information content (AvgIpc) is 3.78. The van der Waals surface area contributed by atoms with E-state index in [0.29, 0.717) is 11.8 Å². The first kappa shape index (κ1) is 34.7. The summed E-state index contributed by atoms with van der Waals surface area (Å²) in [7, 11) is 0. The van der Waals surface area contributed by atoms with Crippen molar-refractivity contribution in [3.8, 4) is 33.4 Å². The summed E-state index contributed by atoms with van der Waals surface area (Å²) in [5.41, 5.74) is 18.7. The molecule has 0 radical (unpaired) electrons. The maximum absolute atomic E-state index is 5.26. The summed E-state index contributed by atoms with van der Waals surface area (Å²) < 4.78 is 0. The highest BCUT2D eigenvalue weighted by atomic mass is 15.2. The van der Waals surface area contributed by atoms with Crippen LogP contribution in [0.15, 0.2) is 216 Å². The molecule has 2 unspecified atom stereocenters. The van der Waals surface area contributed by atoms with E-state index in [1.807, 2.05) is 12.1 Å². The molecule has 1 spiro atoms. The summed E-state index contributed by atoms with van der Waals surface area (Å²) in [6, 6.07) is 68.4. The van der Waals surface area contributed by atoms with Crippen LogP contribution in [0.3, 0.4) is 0 Å². The Bertz CT molecular complexity index is 3120. The van der Waals surface area contributed by atoms with Gasteiger partial charge in [-0.15, -0.1) is 0 Å². The van der Waals surface area contributed by atoms with Gasteiger partial charge in [0.05, 0.1) is 5.41 Å². The molecule has 2 atom stereocenters. The number of allylic oxidation sites excluding steroid dienone is 4. The molecule has 3 aliphatic carbocycles. The molecule has 1 N–H and O–H groups in total. The molecule has 3 heteroatoms. The van der Waals surface area contributed by atoms with E-state index in [9.17, 15) is 0 Å². The average molecular weight is 768 g/mol. The van der Waals surface area contributed by atoms with Crippen molar-refractivity contribution in [2.24, 2.45) is 15.9 Å². The third-order valence-corrected chi connectivity index (χ3v) is 13.1. The minimum absolute atomic E-state index is 0.273. The predicted octanol–water partition coefficient (Wildman–Crippen LogP) is 13.3. The smallest absolute Gasteiger partial charge is 0.159 e. The zero-order valence-electron chi connectivity index (χ0n) is 33.3. The van der Waals surface area contributed by atoms with Crippen molar-refractivity contribution in [3.63, 3.8) is 0 Å². The van der Waals surface area contributed by atoms with E-state index in [2.05, 4.69) is 200 Å². The maximum atomic E-state index is 5.26. The van der Waals surface area contributed by atoms with E-state index >= 15 is 0 Å². The number of fused-ring (bicyclic) bond motifs is 10. The normalized spacial score (nSPS) is 18.0. The van der Waals surface area contributed by atoms with Crippen LogP contribution in [-0.2, 0) is 5.41 Å². The van der Waals surface area contributed by atoms with Crippen molar-refractivity contribution < 1.29 is 0 Å². The molecular weight excluding hydrogens is 727 g/mol. The molecule has 0 fully saturated rings. The van der Waals surface area contributed by atoms with E-state index in [0.717, 1.165) is 34.5 Å². The molecule has 1 aliphatic heterocycles. The molecule has 8 aromatic rings. The van der Waals surface area contributed by atoms with Crippen LogP contribution >= 0.6 is 0 Å². The van der Waals surface area contributed by atoms with Crippen LogP contribution in [0.5, 0.6) is 0 Å². The standard InChI is InChI=1S/C57H41N3/c1-36-30-33-50-47(34-36)53-45(26-15-29-51(53)57(50)48-27-12-10-24-43(48)44-25-11-13-28-49(44)57)46-32-31-37-16-8-9-23-42(37)52(46)40-21-14-22-41(35-40)56-59-54(38-17-4-2-5-18-38)58-55(60-56)39-19-6-3-7-20-39/h2-33,35-36,54H,34H2,1H3,(H,58,59,60). The van der Waals surface area contributed by atoms with Gasteiger partial charge in [-0.25, -0.2) is 9.98 Å². The van der Waals surface area contributed by atoms with Gasteiger partial charge >= 0.3 is 0 Å². The third-order valence-electron chi connectivity index (χ3n) is 13.1. The largest absolute Gasteiger partial charge is 0.344 e. The molecule has 3 nitrogen and oxygen atoms in total. The predicted molar refractivity (Wildman–Crippen MR) is 248 cm³/mol. The Morgan fingerprint density at radius 1 is 0.533 bits per heavy atom. The van der Waals surface area contributed by atoms with Crippen LogP contribution in [0.25, 0.3) is 49.7 Å². The molecule has 60 heavy (non-hydrogen) atoms. The van der Waals surface area contributed by atoms with Crippen molar-refractivity contribution in [1.82, 2.24) is 5.32 Å². The minimum atomic E-state index is -0.377. The Hall–Kier alpha value is -7.36. The number of aliphatic imine (C=N–C) groups is 2. The molecule has 1 heterocycles. The maximum Gasteiger partial charge on any atom is 0.159 e. The first-order chi connectivity index (χ1) is 29.7. The van der Waals surface area contributed by atoms with Crippen LogP contribution in [0.4, 0.5) is 0 Å². The summed E-state index contributed by atoms with van der Waals surface area (Å²) in [5, 5.41) is 6.06. The van der Waals surface area contributed by atoms with E-state index in [1.54, 1.807) is 0 Å². The van der Waals surface area contributed by atoms with Crippen molar-refractivity contribution >= 4 is 28.0 Å². The fourth-order valence-electron chi connectivity index (χ4n) is 10.6. The van der Waals surface area contributed by atoms with Gasteiger partial charge in [0.25, 0.3) is 0 Å². The fourth-order valence-corrected chi connectivity index (χ4v) is 10.6. The number of amidine groups is 2. The first-order valence-corrected chi connectivity index (χ1v) is 21.1. The second-order valence-electron chi connectivity index (χ2n) is 16.5. The Balaban J connectivity index is 1.08. The summed E-state index contributed by atoms with van der Waals surface area (Å²) >= 11 is 0. The number of nitrogens with zero attached hydrogens (tertiary/aromatic N) is 2. The lowest BCUT2D eigenvalue weighted by Gasteiger charge is -2.32. The Morgan fingerprint density at radius 3 is 1.95 bits per heavy atom. The van der Waals surface area contributed by atoms with Gasteiger partial charge in [0, 0.05) is 11.1 Å².